The lowest BCUT2D eigenvalue weighted by atomic mass is 10.1. The molecule has 1 aromatic heterocycles. The SMILES string of the molecule is COc1ccc(S(=O)(=O)N2CCCCCC2)cc1C(=O)N(C)C(C)c1nc2ccccc2s1. The van der Waals surface area contributed by atoms with Crippen LogP contribution in [0.3, 0.4) is 0 Å². The summed E-state index contributed by atoms with van der Waals surface area (Å²) in [4.78, 5) is 19.9. The standard InChI is InChI=1S/C24H29N3O4S2/c1-17(23-25-20-10-6-7-11-22(20)32-23)26(2)24(28)19-16-18(12-13-21(19)31-3)33(29,30)27-14-8-4-5-9-15-27/h6-7,10-13,16-17H,4-5,8-9,14-15H2,1-3H3. The maximum atomic E-state index is 13.5. The van der Waals surface area contributed by atoms with Crippen molar-refractivity contribution < 1.29 is 17.9 Å². The van der Waals surface area contributed by atoms with Gasteiger partial charge in [0.25, 0.3) is 5.91 Å². The summed E-state index contributed by atoms with van der Waals surface area (Å²) < 4.78 is 34.6. The minimum absolute atomic E-state index is 0.120. The van der Waals surface area contributed by atoms with Gasteiger partial charge in [-0.25, -0.2) is 13.4 Å². The molecular formula is C24H29N3O4S2. The van der Waals surface area contributed by atoms with Crippen LogP contribution in [0.5, 0.6) is 5.75 Å². The summed E-state index contributed by atoms with van der Waals surface area (Å²) in [5.74, 6) is 0.0321. The molecule has 33 heavy (non-hydrogen) atoms. The number of hydrogen-bond acceptors (Lipinski definition) is 6. The molecule has 9 heteroatoms. The van der Waals surface area contributed by atoms with Crippen LogP contribution >= 0.6 is 11.3 Å². The van der Waals surface area contributed by atoms with Crippen molar-refractivity contribution in [2.75, 3.05) is 27.2 Å². The topological polar surface area (TPSA) is 79.8 Å². The number of amides is 1. The Morgan fingerprint density at radius 2 is 1.82 bits per heavy atom. The molecule has 0 spiro atoms. The molecule has 1 aliphatic heterocycles. The van der Waals surface area contributed by atoms with Crippen molar-refractivity contribution in [3.05, 3.63) is 53.0 Å². The highest BCUT2D eigenvalue weighted by molar-refractivity contribution is 7.89. The van der Waals surface area contributed by atoms with Crippen molar-refractivity contribution in [3.63, 3.8) is 0 Å². The molecular weight excluding hydrogens is 458 g/mol. The number of carbonyl (C=O) groups excluding carboxylic acids is 1. The monoisotopic (exact) mass is 487 g/mol. The molecule has 0 N–H and O–H groups in total. The van der Waals surface area contributed by atoms with Gasteiger partial charge in [-0.2, -0.15) is 4.31 Å². The zero-order valence-electron chi connectivity index (χ0n) is 19.2. The number of carbonyl (C=O) groups is 1. The number of benzene rings is 2. The molecule has 0 aliphatic carbocycles. The fourth-order valence-electron chi connectivity index (χ4n) is 4.05. The van der Waals surface area contributed by atoms with Gasteiger partial charge in [0.1, 0.15) is 10.8 Å². The molecule has 2 aromatic carbocycles. The summed E-state index contributed by atoms with van der Waals surface area (Å²) in [6.07, 6.45) is 3.77. The van der Waals surface area contributed by atoms with E-state index in [-0.39, 0.29) is 22.4 Å². The van der Waals surface area contributed by atoms with Crippen LogP contribution in [0.4, 0.5) is 0 Å². The first-order chi connectivity index (χ1) is 15.8. The van der Waals surface area contributed by atoms with E-state index in [2.05, 4.69) is 4.98 Å². The number of sulfonamides is 1. The Morgan fingerprint density at radius 1 is 1.12 bits per heavy atom. The highest BCUT2D eigenvalue weighted by Crippen LogP contribution is 2.32. The lowest BCUT2D eigenvalue weighted by Crippen LogP contribution is -2.33. The second-order valence-corrected chi connectivity index (χ2v) is 11.3. The first-order valence-corrected chi connectivity index (χ1v) is 13.4. The Kier molecular flexibility index (Phi) is 7.02. The average Bonchev–Trinajstić information content (AvgIpc) is 3.07. The van der Waals surface area contributed by atoms with E-state index in [4.69, 9.17) is 4.74 Å². The predicted molar refractivity (Wildman–Crippen MR) is 130 cm³/mol. The molecule has 1 amide bonds. The Labute approximate surface area is 199 Å². The van der Waals surface area contributed by atoms with Gasteiger partial charge >= 0.3 is 0 Å². The Morgan fingerprint density at radius 3 is 2.48 bits per heavy atom. The zero-order valence-corrected chi connectivity index (χ0v) is 20.8. The molecule has 176 valence electrons. The van der Waals surface area contributed by atoms with E-state index in [1.165, 1.54) is 23.5 Å². The molecule has 1 unspecified atom stereocenters. The third-order valence-corrected chi connectivity index (χ3v) is 9.27. The number of aromatic nitrogens is 1. The highest BCUT2D eigenvalue weighted by Gasteiger charge is 2.29. The normalized spacial score (nSPS) is 16.3. The Hall–Kier alpha value is -2.49. The van der Waals surface area contributed by atoms with Crippen molar-refractivity contribution >= 4 is 37.5 Å². The largest absolute Gasteiger partial charge is 0.496 e. The summed E-state index contributed by atoms with van der Waals surface area (Å²) in [7, 11) is -0.504. The van der Waals surface area contributed by atoms with Crippen molar-refractivity contribution in [2.24, 2.45) is 0 Å². The number of fused-ring (bicyclic) bond motifs is 1. The van der Waals surface area contributed by atoms with Crippen LogP contribution in [0.15, 0.2) is 47.4 Å². The van der Waals surface area contributed by atoms with E-state index in [0.717, 1.165) is 40.9 Å². The van der Waals surface area contributed by atoms with Crippen molar-refractivity contribution in [1.82, 2.24) is 14.2 Å². The first kappa shape index (κ1) is 23.7. The molecule has 1 saturated heterocycles. The molecule has 4 rings (SSSR count). The second-order valence-electron chi connectivity index (χ2n) is 8.29. The van der Waals surface area contributed by atoms with E-state index in [9.17, 15) is 13.2 Å². The van der Waals surface area contributed by atoms with E-state index in [1.54, 1.807) is 29.4 Å². The fourth-order valence-corrected chi connectivity index (χ4v) is 6.65. The van der Waals surface area contributed by atoms with E-state index in [1.807, 2.05) is 31.2 Å². The van der Waals surface area contributed by atoms with Crippen LogP contribution in [-0.4, -0.2) is 55.8 Å². The lowest BCUT2D eigenvalue weighted by Gasteiger charge is -2.25. The molecule has 0 radical (unpaired) electrons. The van der Waals surface area contributed by atoms with Crippen LogP contribution in [0.25, 0.3) is 10.2 Å². The van der Waals surface area contributed by atoms with Gasteiger partial charge < -0.3 is 9.64 Å². The summed E-state index contributed by atoms with van der Waals surface area (Å²) in [6, 6.07) is 12.1. The number of nitrogens with zero attached hydrogens (tertiary/aromatic N) is 3. The highest BCUT2D eigenvalue weighted by atomic mass is 32.2. The van der Waals surface area contributed by atoms with Crippen LogP contribution in [-0.2, 0) is 10.0 Å². The number of rotatable bonds is 6. The Bertz CT molecular complexity index is 1210. The van der Waals surface area contributed by atoms with E-state index in [0.29, 0.717) is 18.8 Å². The minimum atomic E-state index is -3.69. The fraction of sp³-hybridized carbons (Fsp3) is 0.417. The average molecular weight is 488 g/mol. The molecule has 1 atom stereocenters. The van der Waals surface area contributed by atoms with Crippen LogP contribution in [0.2, 0.25) is 0 Å². The van der Waals surface area contributed by atoms with Crippen molar-refractivity contribution in [3.8, 4) is 5.75 Å². The van der Waals surface area contributed by atoms with Crippen LogP contribution < -0.4 is 4.74 Å². The van der Waals surface area contributed by atoms with Gasteiger partial charge in [0.05, 0.1) is 33.8 Å². The molecule has 0 bridgehead atoms. The zero-order chi connectivity index (χ0) is 23.6. The number of thiazole rings is 1. The molecule has 7 nitrogen and oxygen atoms in total. The van der Waals surface area contributed by atoms with Gasteiger partial charge in [-0.3, -0.25) is 4.79 Å². The summed E-state index contributed by atoms with van der Waals surface area (Å²) in [6.45, 7) is 2.93. The van der Waals surface area contributed by atoms with Gasteiger partial charge in [0.2, 0.25) is 10.0 Å². The van der Waals surface area contributed by atoms with Crippen molar-refractivity contribution in [1.29, 1.82) is 0 Å². The maximum absolute atomic E-state index is 13.5. The summed E-state index contributed by atoms with van der Waals surface area (Å²) in [5, 5.41) is 0.819. The van der Waals surface area contributed by atoms with E-state index >= 15 is 0 Å². The molecule has 3 aromatic rings. The molecule has 2 heterocycles. The smallest absolute Gasteiger partial charge is 0.257 e. The van der Waals surface area contributed by atoms with Gasteiger partial charge in [-0.05, 0) is 50.1 Å². The predicted octanol–water partition coefficient (Wildman–Crippen LogP) is 4.70. The Balaban J connectivity index is 1.64. The maximum Gasteiger partial charge on any atom is 0.257 e. The minimum Gasteiger partial charge on any atom is -0.496 e. The molecule has 0 saturated carbocycles. The third-order valence-electron chi connectivity index (χ3n) is 6.17. The number of methoxy groups -OCH3 is 1. The van der Waals surface area contributed by atoms with E-state index < -0.39 is 10.0 Å². The summed E-state index contributed by atoms with van der Waals surface area (Å²) >= 11 is 1.55. The quantitative estimate of drug-likeness (QED) is 0.503. The summed E-state index contributed by atoms with van der Waals surface area (Å²) in [5.41, 5.74) is 1.12. The van der Waals surface area contributed by atoms with Gasteiger partial charge in [0, 0.05) is 20.1 Å². The first-order valence-electron chi connectivity index (χ1n) is 11.1. The van der Waals surface area contributed by atoms with Gasteiger partial charge in [0.15, 0.2) is 0 Å². The number of ether oxygens (including phenoxy) is 1. The second kappa shape index (κ2) is 9.79. The third kappa shape index (κ3) is 4.76. The van der Waals surface area contributed by atoms with Crippen molar-refractivity contribution in [2.45, 2.75) is 43.5 Å². The molecule has 1 fully saturated rings. The number of para-hydroxylation sites is 1. The van der Waals surface area contributed by atoms with Crippen LogP contribution in [0.1, 0.15) is 54.0 Å². The van der Waals surface area contributed by atoms with Gasteiger partial charge in [-0.1, -0.05) is 25.0 Å². The number of hydrogen-bond donors (Lipinski definition) is 0. The van der Waals surface area contributed by atoms with Crippen LogP contribution in [0, 0.1) is 0 Å². The van der Waals surface area contributed by atoms with Gasteiger partial charge in [-0.15, -0.1) is 11.3 Å². The molecule has 1 aliphatic rings. The lowest BCUT2D eigenvalue weighted by molar-refractivity contribution is 0.0739.